The summed E-state index contributed by atoms with van der Waals surface area (Å²) in [6.45, 7) is 6.08. The summed E-state index contributed by atoms with van der Waals surface area (Å²) in [4.78, 5) is 46.9. The van der Waals surface area contributed by atoms with Crippen molar-refractivity contribution in [3.05, 3.63) is 91.0 Å². The number of nitrogens with zero attached hydrogens (tertiary/aromatic N) is 3. The third kappa shape index (κ3) is 3.25. The SMILES string of the molecule is CCOC(=O)C1=C(C)n2c(s/c(=C3\C(=O)N(CC)c4ccccc43)c2=O)=NC1c1ccccc1. The van der Waals surface area contributed by atoms with Gasteiger partial charge in [0.15, 0.2) is 4.80 Å². The summed E-state index contributed by atoms with van der Waals surface area (Å²) in [5, 5.41) is 0. The van der Waals surface area contributed by atoms with Gasteiger partial charge in [0.2, 0.25) is 0 Å². The van der Waals surface area contributed by atoms with E-state index in [1.807, 2.05) is 61.5 Å². The average molecular weight is 474 g/mol. The highest BCUT2D eigenvalue weighted by Gasteiger charge is 2.35. The Kier molecular flexibility index (Phi) is 5.53. The lowest BCUT2D eigenvalue weighted by Crippen LogP contribution is -2.37. The summed E-state index contributed by atoms with van der Waals surface area (Å²) in [6, 6.07) is 16.3. The Morgan fingerprint density at radius 3 is 2.47 bits per heavy atom. The molecule has 0 saturated carbocycles. The number of allylic oxidation sites excluding steroid dienone is 1. The predicted molar refractivity (Wildman–Crippen MR) is 131 cm³/mol. The van der Waals surface area contributed by atoms with Crippen molar-refractivity contribution in [1.82, 2.24) is 4.57 Å². The maximum atomic E-state index is 13.7. The molecule has 0 radical (unpaired) electrons. The molecule has 0 saturated heterocycles. The number of fused-ring (bicyclic) bond motifs is 2. The molecule has 2 aromatic carbocycles. The van der Waals surface area contributed by atoms with Crippen LogP contribution in [0.4, 0.5) is 5.69 Å². The summed E-state index contributed by atoms with van der Waals surface area (Å²) in [6.07, 6.45) is 0. The lowest BCUT2D eigenvalue weighted by molar-refractivity contribution is -0.138. The van der Waals surface area contributed by atoms with Gasteiger partial charge in [0.1, 0.15) is 10.6 Å². The Balaban J connectivity index is 1.83. The number of esters is 1. The maximum absolute atomic E-state index is 13.7. The fourth-order valence-electron chi connectivity index (χ4n) is 4.56. The van der Waals surface area contributed by atoms with Crippen LogP contribution in [0, 0.1) is 0 Å². The van der Waals surface area contributed by atoms with Gasteiger partial charge in [0, 0.05) is 17.8 Å². The predicted octanol–water partition coefficient (Wildman–Crippen LogP) is 2.64. The summed E-state index contributed by atoms with van der Waals surface area (Å²) in [7, 11) is 0. The first kappa shape index (κ1) is 22.0. The molecule has 7 nitrogen and oxygen atoms in total. The van der Waals surface area contributed by atoms with Crippen molar-refractivity contribution < 1.29 is 14.3 Å². The van der Waals surface area contributed by atoms with Crippen molar-refractivity contribution in [2.75, 3.05) is 18.1 Å². The molecule has 172 valence electrons. The third-order valence-electron chi connectivity index (χ3n) is 6.10. The molecule has 5 rings (SSSR count). The van der Waals surface area contributed by atoms with Crippen molar-refractivity contribution in [1.29, 1.82) is 0 Å². The monoisotopic (exact) mass is 473 g/mol. The van der Waals surface area contributed by atoms with Gasteiger partial charge < -0.3 is 9.64 Å². The Morgan fingerprint density at radius 1 is 1.06 bits per heavy atom. The number of aromatic nitrogens is 1. The average Bonchev–Trinajstić information content (AvgIpc) is 3.32. The van der Waals surface area contributed by atoms with Crippen LogP contribution in [0.2, 0.25) is 0 Å². The number of ether oxygens (including phenoxy) is 1. The van der Waals surface area contributed by atoms with Crippen LogP contribution in [0.15, 0.2) is 70.0 Å². The Bertz CT molecular complexity index is 1530. The van der Waals surface area contributed by atoms with E-state index in [9.17, 15) is 14.4 Å². The zero-order chi connectivity index (χ0) is 24.0. The van der Waals surface area contributed by atoms with E-state index in [4.69, 9.17) is 9.73 Å². The summed E-state index contributed by atoms with van der Waals surface area (Å²) in [5.41, 5.74) is 3.17. The minimum Gasteiger partial charge on any atom is -0.463 e. The minimum atomic E-state index is -0.602. The molecule has 2 aliphatic heterocycles. The molecular weight excluding hydrogens is 450 g/mol. The molecule has 3 aromatic rings. The molecule has 2 aliphatic rings. The molecule has 0 fully saturated rings. The van der Waals surface area contributed by atoms with Crippen LogP contribution in [0.25, 0.3) is 11.3 Å². The lowest BCUT2D eigenvalue weighted by Gasteiger charge is -2.22. The highest BCUT2D eigenvalue weighted by Crippen LogP contribution is 2.35. The number of amides is 1. The van der Waals surface area contributed by atoms with Gasteiger partial charge in [-0.15, -0.1) is 0 Å². The normalized spacial score (nSPS) is 18.5. The van der Waals surface area contributed by atoms with Gasteiger partial charge in [-0.05, 0) is 32.4 Å². The number of carbonyl (C=O) groups excluding carboxylic acids is 2. The van der Waals surface area contributed by atoms with E-state index < -0.39 is 12.0 Å². The van der Waals surface area contributed by atoms with E-state index in [0.29, 0.717) is 32.7 Å². The molecule has 3 heterocycles. The van der Waals surface area contributed by atoms with Crippen molar-refractivity contribution in [2.45, 2.75) is 26.8 Å². The number of carbonyl (C=O) groups is 2. The minimum absolute atomic E-state index is 0.202. The van der Waals surface area contributed by atoms with Crippen LogP contribution in [0.3, 0.4) is 0 Å². The number of anilines is 1. The highest BCUT2D eigenvalue weighted by atomic mass is 32.1. The molecular formula is C26H23N3O4S. The largest absolute Gasteiger partial charge is 0.463 e. The third-order valence-corrected chi connectivity index (χ3v) is 7.15. The fraction of sp³-hybridized carbons (Fsp3) is 0.231. The second kappa shape index (κ2) is 8.53. The molecule has 0 spiro atoms. The topological polar surface area (TPSA) is 81.0 Å². The molecule has 1 unspecified atom stereocenters. The number of hydrogen-bond acceptors (Lipinski definition) is 6. The van der Waals surface area contributed by atoms with Gasteiger partial charge in [0.25, 0.3) is 11.5 Å². The van der Waals surface area contributed by atoms with Crippen LogP contribution in [-0.4, -0.2) is 29.6 Å². The standard InChI is InChI=1S/C26H23N3O4S/c1-4-28-18-14-10-9-13-17(18)20(23(28)30)22-24(31)29-15(3)19(25(32)33-5-2)21(27-26(29)34-22)16-11-7-6-8-12-16/h6-14,21H,4-5H2,1-3H3/b22-20-. The van der Waals surface area contributed by atoms with E-state index in [1.165, 1.54) is 15.9 Å². The van der Waals surface area contributed by atoms with E-state index in [-0.39, 0.29) is 18.1 Å². The molecule has 8 heteroatoms. The van der Waals surface area contributed by atoms with Crippen molar-refractivity contribution >= 4 is 40.2 Å². The highest BCUT2D eigenvalue weighted by molar-refractivity contribution is 7.07. The first-order chi connectivity index (χ1) is 16.5. The lowest BCUT2D eigenvalue weighted by atomic mass is 9.97. The second-order valence-electron chi connectivity index (χ2n) is 7.96. The van der Waals surface area contributed by atoms with Gasteiger partial charge in [-0.2, -0.15) is 0 Å². The molecule has 1 amide bonds. The van der Waals surface area contributed by atoms with Crippen molar-refractivity contribution in [3.8, 4) is 0 Å². The Morgan fingerprint density at radius 2 is 1.76 bits per heavy atom. The van der Waals surface area contributed by atoms with Crippen LogP contribution >= 0.6 is 11.3 Å². The Hall–Kier alpha value is -3.78. The summed E-state index contributed by atoms with van der Waals surface area (Å²) < 4.78 is 7.08. The van der Waals surface area contributed by atoms with Gasteiger partial charge in [0.05, 0.1) is 23.4 Å². The summed E-state index contributed by atoms with van der Waals surface area (Å²) >= 11 is 1.18. The van der Waals surface area contributed by atoms with Crippen molar-refractivity contribution in [2.24, 2.45) is 4.99 Å². The first-order valence-corrected chi connectivity index (χ1v) is 12.0. The molecule has 1 aromatic heterocycles. The van der Waals surface area contributed by atoms with Gasteiger partial charge in [-0.1, -0.05) is 59.9 Å². The zero-order valence-corrected chi connectivity index (χ0v) is 19.9. The van der Waals surface area contributed by atoms with E-state index >= 15 is 0 Å². The van der Waals surface area contributed by atoms with Crippen molar-refractivity contribution in [3.63, 3.8) is 0 Å². The summed E-state index contributed by atoms with van der Waals surface area (Å²) in [5.74, 6) is -0.707. The quantitative estimate of drug-likeness (QED) is 0.546. The van der Waals surface area contributed by atoms with Crippen LogP contribution in [0.5, 0.6) is 0 Å². The maximum Gasteiger partial charge on any atom is 0.338 e. The van der Waals surface area contributed by atoms with Gasteiger partial charge in [-0.25, -0.2) is 9.79 Å². The molecule has 34 heavy (non-hydrogen) atoms. The molecule has 1 atom stereocenters. The number of likely N-dealkylation sites (N-methyl/N-ethyl adjacent to an activating group) is 1. The second-order valence-corrected chi connectivity index (χ2v) is 8.94. The Labute approximate surface area is 199 Å². The molecule has 0 aliphatic carbocycles. The fourth-order valence-corrected chi connectivity index (χ4v) is 5.69. The number of rotatable bonds is 4. The number of hydrogen-bond donors (Lipinski definition) is 0. The van der Waals surface area contributed by atoms with Crippen LogP contribution in [-0.2, 0) is 14.3 Å². The molecule has 0 bridgehead atoms. The van der Waals surface area contributed by atoms with Gasteiger partial charge >= 0.3 is 5.97 Å². The number of para-hydroxylation sites is 1. The van der Waals surface area contributed by atoms with E-state index in [0.717, 1.165) is 16.8 Å². The van der Waals surface area contributed by atoms with Gasteiger partial charge in [-0.3, -0.25) is 14.2 Å². The number of thiazole rings is 1. The smallest absolute Gasteiger partial charge is 0.338 e. The zero-order valence-electron chi connectivity index (χ0n) is 19.1. The van der Waals surface area contributed by atoms with Crippen LogP contribution in [0.1, 0.15) is 37.9 Å². The number of benzene rings is 2. The molecule has 0 N–H and O–H groups in total. The van der Waals surface area contributed by atoms with Crippen LogP contribution < -0.4 is 19.8 Å². The van der Waals surface area contributed by atoms with E-state index in [2.05, 4.69) is 0 Å². The van der Waals surface area contributed by atoms with E-state index in [1.54, 1.807) is 18.7 Å². The first-order valence-electron chi connectivity index (χ1n) is 11.2.